The number of nitrogens with zero attached hydrogens (tertiary/aromatic N) is 3. The average molecular weight is 337 g/mol. The largest absolute Gasteiger partial charge is 0.481 e. The summed E-state index contributed by atoms with van der Waals surface area (Å²) in [6, 6.07) is 4.08. The normalized spacial score (nSPS) is 20.9. The van der Waals surface area contributed by atoms with Crippen molar-refractivity contribution in [3.05, 3.63) is 40.3 Å². The molecule has 124 valence electrons. The van der Waals surface area contributed by atoms with Crippen LogP contribution in [0.4, 0.5) is 0 Å². The third-order valence-electron chi connectivity index (χ3n) is 4.20. The van der Waals surface area contributed by atoms with Crippen LogP contribution in [0.2, 0.25) is 5.15 Å². The summed E-state index contributed by atoms with van der Waals surface area (Å²) in [5, 5.41) is 8.57. The van der Waals surface area contributed by atoms with Crippen LogP contribution >= 0.6 is 11.6 Å². The van der Waals surface area contributed by atoms with Crippen molar-refractivity contribution >= 4 is 11.6 Å². The SMILES string of the molecule is COc1ccc([C@H]2OCC[C@@H]2NCc2c(C)nn(C)c2Cl)cn1. The molecule has 2 aromatic rings. The Bertz CT molecular complexity index is 671. The quantitative estimate of drug-likeness (QED) is 0.908. The summed E-state index contributed by atoms with van der Waals surface area (Å²) in [5.41, 5.74) is 3.04. The van der Waals surface area contributed by atoms with E-state index in [1.165, 1.54) is 0 Å². The van der Waals surface area contributed by atoms with Gasteiger partial charge in [-0.05, 0) is 19.4 Å². The number of ether oxygens (including phenoxy) is 2. The lowest BCUT2D eigenvalue weighted by Gasteiger charge is -2.20. The van der Waals surface area contributed by atoms with Crippen LogP contribution in [0.15, 0.2) is 18.3 Å². The molecule has 1 aliphatic heterocycles. The highest BCUT2D eigenvalue weighted by Gasteiger charge is 2.30. The monoisotopic (exact) mass is 336 g/mol. The standard InChI is InChI=1S/C16H21ClN4O2/c1-10-12(16(17)21(2)20-10)9-18-13-6-7-23-15(13)11-4-5-14(22-3)19-8-11/h4-5,8,13,15,18H,6-7,9H2,1-3H3/t13-,15+/m0/s1. The van der Waals surface area contributed by atoms with Gasteiger partial charge in [0, 0.05) is 49.6 Å². The fourth-order valence-corrected chi connectivity index (χ4v) is 3.16. The number of halogens is 1. The Hall–Kier alpha value is -1.63. The van der Waals surface area contributed by atoms with Crippen molar-refractivity contribution in [2.75, 3.05) is 13.7 Å². The molecule has 0 unspecified atom stereocenters. The van der Waals surface area contributed by atoms with E-state index in [1.54, 1.807) is 11.8 Å². The van der Waals surface area contributed by atoms with Crippen LogP contribution in [0.3, 0.4) is 0 Å². The minimum Gasteiger partial charge on any atom is -0.481 e. The summed E-state index contributed by atoms with van der Waals surface area (Å²) in [4.78, 5) is 4.26. The molecular weight excluding hydrogens is 316 g/mol. The minimum absolute atomic E-state index is 0.0100. The molecule has 2 aromatic heterocycles. The van der Waals surface area contributed by atoms with E-state index in [9.17, 15) is 0 Å². The van der Waals surface area contributed by atoms with Crippen LogP contribution in [0.5, 0.6) is 5.88 Å². The van der Waals surface area contributed by atoms with Crippen LogP contribution in [0, 0.1) is 6.92 Å². The smallest absolute Gasteiger partial charge is 0.212 e. The number of nitrogens with one attached hydrogen (secondary N) is 1. The topological polar surface area (TPSA) is 61.2 Å². The van der Waals surface area contributed by atoms with Crippen molar-refractivity contribution in [3.8, 4) is 5.88 Å². The van der Waals surface area contributed by atoms with Gasteiger partial charge in [-0.1, -0.05) is 11.6 Å². The van der Waals surface area contributed by atoms with E-state index in [0.717, 1.165) is 29.8 Å². The van der Waals surface area contributed by atoms with E-state index in [1.807, 2.05) is 32.3 Å². The molecule has 23 heavy (non-hydrogen) atoms. The van der Waals surface area contributed by atoms with Gasteiger partial charge < -0.3 is 14.8 Å². The maximum atomic E-state index is 6.29. The van der Waals surface area contributed by atoms with Crippen LogP contribution in [-0.4, -0.2) is 34.5 Å². The van der Waals surface area contributed by atoms with Gasteiger partial charge in [-0.2, -0.15) is 5.10 Å². The summed E-state index contributed by atoms with van der Waals surface area (Å²) in [7, 11) is 3.46. The Kier molecular flexibility index (Phi) is 4.84. The third kappa shape index (κ3) is 3.34. The molecule has 6 nitrogen and oxygen atoms in total. The van der Waals surface area contributed by atoms with E-state index in [-0.39, 0.29) is 12.1 Å². The van der Waals surface area contributed by atoms with Crippen molar-refractivity contribution in [3.63, 3.8) is 0 Å². The van der Waals surface area contributed by atoms with Gasteiger partial charge >= 0.3 is 0 Å². The van der Waals surface area contributed by atoms with Crippen LogP contribution in [0.1, 0.15) is 29.3 Å². The number of methoxy groups -OCH3 is 1. The zero-order chi connectivity index (χ0) is 16.4. The first kappa shape index (κ1) is 16.2. The zero-order valence-corrected chi connectivity index (χ0v) is 14.3. The van der Waals surface area contributed by atoms with E-state index >= 15 is 0 Å². The van der Waals surface area contributed by atoms with Gasteiger partial charge in [0.2, 0.25) is 5.88 Å². The second-order valence-corrected chi connectivity index (χ2v) is 6.04. The average Bonchev–Trinajstić information content (AvgIpc) is 3.11. The number of pyridine rings is 1. The van der Waals surface area contributed by atoms with Crippen molar-refractivity contribution in [2.45, 2.75) is 32.0 Å². The van der Waals surface area contributed by atoms with Crippen LogP contribution in [0.25, 0.3) is 0 Å². The lowest BCUT2D eigenvalue weighted by molar-refractivity contribution is 0.0981. The van der Waals surface area contributed by atoms with E-state index in [2.05, 4.69) is 15.4 Å². The Morgan fingerprint density at radius 1 is 1.48 bits per heavy atom. The first-order valence-electron chi connectivity index (χ1n) is 7.63. The highest BCUT2D eigenvalue weighted by atomic mass is 35.5. The molecule has 0 saturated carbocycles. The fourth-order valence-electron chi connectivity index (χ4n) is 2.92. The number of aromatic nitrogens is 3. The van der Waals surface area contributed by atoms with Gasteiger partial charge in [-0.25, -0.2) is 4.98 Å². The Labute approximate surface area is 140 Å². The Morgan fingerprint density at radius 2 is 2.30 bits per heavy atom. The molecule has 7 heteroatoms. The lowest BCUT2D eigenvalue weighted by atomic mass is 10.0. The van der Waals surface area contributed by atoms with Gasteiger partial charge in [0.15, 0.2) is 0 Å². The third-order valence-corrected chi connectivity index (χ3v) is 4.67. The summed E-state index contributed by atoms with van der Waals surface area (Å²) >= 11 is 6.29. The van der Waals surface area contributed by atoms with Gasteiger partial charge in [0.25, 0.3) is 0 Å². The van der Waals surface area contributed by atoms with Crippen LogP contribution < -0.4 is 10.1 Å². The molecule has 0 aliphatic carbocycles. The maximum absolute atomic E-state index is 6.29. The Balaban J connectivity index is 1.69. The first-order chi connectivity index (χ1) is 11.1. The van der Waals surface area contributed by atoms with E-state index in [0.29, 0.717) is 17.6 Å². The second kappa shape index (κ2) is 6.86. The molecule has 0 amide bonds. The Morgan fingerprint density at radius 3 is 2.91 bits per heavy atom. The molecule has 1 aliphatic rings. The molecule has 3 rings (SSSR count). The molecule has 1 fully saturated rings. The van der Waals surface area contributed by atoms with E-state index in [4.69, 9.17) is 21.1 Å². The summed E-state index contributed by atoms with van der Waals surface area (Å²) in [6.07, 6.45) is 2.75. The van der Waals surface area contributed by atoms with Crippen molar-refractivity contribution in [1.29, 1.82) is 0 Å². The predicted octanol–water partition coefficient (Wildman–Crippen LogP) is 2.41. The summed E-state index contributed by atoms with van der Waals surface area (Å²) < 4.78 is 12.7. The number of hydrogen-bond acceptors (Lipinski definition) is 5. The zero-order valence-electron chi connectivity index (χ0n) is 13.5. The number of rotatable bonds is 5. The molecule has 0 spiro atoms. The van der Waals surface area contributed by atoms with E-state index < -0.39 is 0 Å². The summed E-state index contributed by atoms with van der Waals surface area (Å²) in [5.74, 6) is 0.606. The van der Waals surface area contributed by atoms with Gasteiger partial charge in [-0.15, -0.1) is 0 Å². The number of hydrogen-bond donors (Lipinski definition) is 1. The molecule has 0 aromatic carbocycles. The molecule has 0 radical (unpaired) electrons. The summed E-state index contributed by atoms with van der Waals surface area (Å²) in [6.45, 7) is 3.37. The molecule has 1 saturated heterocycles. The van der Waals surface area contributed by atoms with Gasteiger partial charge in [0.1, 0.15) is 5.15 Å². The van der Waals surface area contributed by atoms with Gasteiger partial charge in [-0.3, -0.25) is 4.68 Å². The molecular formula is C16H21ClN4O2. The predicted molar refractivity (Wildman–Crippen MR) is 87.7 cm³/mol. The van der Waals surface area contributed by atoms with Crippen molar-refractivity contribution in [2.24, 2.45) is 7.05 Å². The second-order valence-electron chi connectivity index (χ2n) is 5.68. The highest BCUT2D eigenvalue weighted by molar-refractivity contribution is 6.30. The molecule has 3 heterocycles. The number of aryl methyl sites for hydroxylation is 2. The van der Waals surface area contributed by atoms with Crippen molar-refractivity contribution < 1.29 is 9.47 Å². The molecule has 2 atom stereocenters. The minimum atomic E-state index is -0.0100. The highest BCUT2D eigenvalue weighted by Crippen LogP contribution is 2.30. The van der Waals surface area contributed by atoms with Crippen molar-refractivity contribution in [1.82, 2.24) is 20.1 Å². The van der Waals surface area contributed by atoms with Gasteiger partial charge in [0.05, 0.1) is 18.9 Å². The van der Waals surface area contributed by atoms with Crippen LogP contribution in [-0.2, 0) is 18.3 Å². The lowest BCUT2D eigenvalue weighted by Crippen LogP contribution is -2.31. The maximum Gasteiger partial charge on any atom is 0.212 e. The fraction of sp³-hybridized carbons (Fsp3) is 0.500. The molecule has 0 bridgehead atoms. The first-order valence-corrected chi connectivity index (χ1v) is 8.01. The molecule has 1 N–H and O–H groups in total.